The van der Waals surface area contributed by atoms with Gasteiger partial charge in [-0.1, -0.05) is 42.5 Å². The predicted octanol–water partition coefficient (Wildman–Crippen LogP) is 4.69. The van der Waals surface area contributed by atoms with Crippen molar-refractivity contribution in [1.82, 2.24) is 4.98 Å². The Morgan fingerprint density at radius 3 is 2.65 bits per heavy atom. The van der Waals surface area contributed by atoms with Crippen molar-refractivity contribution in [2.24, 2.45) is 5.92 Å². The van der Waals surface area contributed by atoms with Crippen molar-refractivity contribution in [3.8, 4) is 0 Å². The Kier molecular flexibility index (Phi) is 4.52. The molecule has 2 rings (SSSR count). The van der Waals surface area contributed by atoms with Gasteiger partial charge in [0.15, 0.2) is 5.15 Å². The van der Waals surface area contributed by atoms with Crippen LogP contribution in [-0.4, -0.2) is 11.5 Å². The Labute approximate surface area is 113 Å². The van der Waals surface area contributed by atoms with Crippen LogP contribution in [0.1, 0.15) is 37.7 Å². The zero-order valence-corrected chi connectivity index (χ0v) is 11.6. The summed E-state index contributed by atoms with van der Waals surface area (Å²) in [5, 5.41) is 4.36. The molecule has 0 unspecified atom stereocenters. The fourth-order valence-electron chi connectivity index (χ4n) is 2.45. The molecule has 0 spiro atoms. The van der Waals surface area contributed by atoms with Crippen molar-refractivity contribution in [3.63, 3.8) is 0 Å². The summed E-state index contributed by atoms with van der Waals surface area (Å²) in [5.41, 5.74) is 1.99. The van der Waals surface area contributed by atoms with Crippen LogP contribution in [0.4, 0.5) is 5.69 Å². The smallest absolute Gasteiger partial charge is 0.154 e. The van der Waals surface area contributed by atoms with Crippen LogP contribution in [0.5, 0.6) is 0 Å². The number of pyridine rings is 1. The second kappa shape index (κ2) is 5.92. The van der Waals surface area contributed by atoms with E-state index >= 15 is 0 Å². The molecule has 0 atom stereocenters. The van der Waals surface area contributed by atoms with Gasteiger partial charge in [-0.3, -0.25) is 0 Å². The second-order valence-electron chi connectivity index (χ2n) is 4.81. The molecule has 94 valence electrons. The van der Waals surface area contributed by atoms with Crippen LogP contribution < -0.4 is 5.32 Å². The number of hydrogen-bond donors (Lipinski definition) is 1. The van der Waals surface area contributed by atoms with Gasteiger partial charge in [-0.15, -0.1) is 0 Å². The minimum atomic E-state index is 0.454. The number of nitrogens with zero attached hydrogens (tertiary/aromatic N) is 1. The molecule has 1 saturated carbocycles. The molecule has 1 fully saturated rings. The molecule has 2 nitrogen and oxygen atoms in total. The van der Waals surface area contributed by atoms with Gasteiger partial charge in [-0.05, 0) is 37.3 Å². The van der Waals surface area contributed by atoms with Gasteiger partial charge in [0, 0.05) is 6.54 Å². The third-order valence-electron chi connectivity index (χ3n) is 3.43. The molecule has 0 saturated heterocycles. The zero-order valence-electron chi connectivity index (χ0n) is 10.1. The third kappa shape index (κ3) is 3.49. The second-order valence-corrected chi connectivity index (χ2v) is 5.56. The van der Waals surface area contributed by atoms with E-state index in [1.165, 1.54) is 32.1 Å². The molecule has 0 radical (unpaired) electrons. The molecule has 1 heterocycles. The number of anilines is 1. The Bertz CT molecular complexity index is 364. The molecule has 0 amide bonds. The maximum absolute atomic E-state index is 6.09. The van der Waals surface area contributed by atoms with E-state index in [9.17, 15) is 0 Å². The van der Waals surface area contributed by atoms with Gasteiger partial charge in [-0.25, -0.2) is 4.98 Å². The largest absolute Gasteiger partial charge is 0.382 e. The predicted molar refractivity (Wildman–Crippen MR) is 74.1 cm³/mol. The van der Waals surface area contributed by atoms with E-state index < -0.39 is 0 Å². The highest BCUT2D eigenvalue weighted by atomic mass is 35.5. The van der Waals surface area contributed by atoms with E-state index in [1.54, 1.807) is 0 Å². The van der Waals surface area contributed by atoms with Crippen molar-refractivity contribution < 1.29 is 0 Å². The lowest BCUT2D eigenvalue weighted by atomic mass is 9.89. The zero-order chi connectivity index (χ0) is 12.3. The quantitative estimate of drug-likeness (QED) is 0.808. The maximum atomic E-state index is 6.09. The van der Waals surface area contributed by atoms with E-state index in [2.05, 4.69) is 10.3 Å². The Morgan fingerprint density at radius 2 is 2.00 bits per heavy atom. The number of aromatic nitrogens is 1. The molecule has 1 aromatic heterocycles. The molecule has 0 bridgehead atoms. The summed E-state index contributed by atoms with van der Waals surface area (Å²) in [6.45, 7) is 2.99. The highest BCUT2D eigenvalue weighted by Crippen LogP contribution is 2.28. The van der Waals surface area contributed by atoms with Gasteiger partial charge in [0.05, 0.1) is 5.69 Å². The SMILES string of the molecule is Cc1cc(Cl)nc(Cl)c1NCC1CCCCC1. The number of rotatable bonds is 3. The van der Waals surface area contributed by atoms with Crippen LogP contribution in [0.15, 0.2) is 6.07 Å². The standard InChI is InChI=1S/C13H18Cl2N2/c1-9-7-11(14)17-13(15)12(9)16-8-10-5-3-2-4-6-10/h7,10,16H,2-6,8H2,1H3. The van der Waals surface area contributed by atoms with Gasteiger partial charge < -0.3 is 5.32 Å². The molecule has 0 aliphatic heterocycles. The first-order valence-corrected chi connectivity index (χ1v) is 6.99. The molecule has 1 aromatic rings. The molecular formula is C13H18Cl2N2. The van der Waals surface area contributed by atoms with Gasteiger partial charge in [-0.2, -0.15) is 0 Å². The first kappa shape index (κ1) is 13.0. The maximum Gasteiger partial charge on any atom is 0.154 e. The molecule has 17 heavy (non-hydrogen) atoms. The summed E-state index contributed by atoms with van der Waals surface area (Å²) in [7, 11) is 0. The average Bonchev–Trinajstić information content (AvgIpc) is 2.29. The van der Waals surface area contributed by atoms with Crippen molar-refractivity contribution in [3.05, 3.63) is 21.9 Å². The van der Waals surface area contributed by atoms with E-state index in [0.29, 0.717) is 10.3 Å². The lowest BCUT2D eigenvalue weighted by Gasteiger charge is -2.23. The van der Waals surface area contributed by atoms with Gasteiger partial charge in [0.2, 0.25) is 0 Å². The van der Waals surface area contributed by atoms with Gasteiger partial charge >= 0.3 is 0 Å². The topological polar surface area (TPSA) is 24.9 Å². The van der Waals surface area contributed by atoms with E-state index in [-0.39, 0.29) is 0 Å². The van der Waals surface area contributed by atoms with Crippen molar-refractivity contribution in [2.75, 3.05) is 11.9 Å². The number of halogens is 2. The summed E-state index contributed by atoms with van der Waals surface area (Å²) in [6, 6.07) is 1.84. The molecule has 0 aromatic carbocycles. The Balaban J connectivity index is 1.98. The lowest BCUT2D eigenvalue weighted by Crippen LogP contribution is -2.17. The van der Waals surface area contributed by atoms with Crippen molar-refractivity contribution in [1.29, 1.82) is 0 Å². The summed E-state index contributed by atoms with van der Waals surface area (Å²) in [6.07, 6.45) is 6.75. The molecule has 1 N–H and O–H groups in total. The van der Waals surface area contributed by atoms with E-state index in [1.807, 2.05) is 13.0 Å². The van der Waals surface area contributed by atoms with Gasteiger partial charge in [0.1, 0.15) is 5.15 Å². The minimum Gasteiger partial charge on any atom is -0.382 e. The van der Waals surface area contributed by atoms with Crippen LogP contribution in [0, 0.1) is 12.8 Å². The fourth-order valence-corrected chi connectivity index (χ4v) is 3.04. The molecule has 4 heteroatoms. The lowest BCUT2D eigenvalue weighted by molar-refractivity contribution is 0.373. The van der Waals surface area contributed by atoms with Crippen LogP contribution in [0.2, 0.25) is 10.3 Å². The summed E-state index contributed by atoms with van der Waals surface area (Å²) in [5.74, 6) is 0.773. The Morgan fingerprint density at radius 1 is 1.29 bits per heavy atom. The molecule has 1 aliphatic carbocycles. The highest BCUT2D eigenvalue weighted by Gasteiger charge is 2.14. The van der Waals surface area contributed by atoms with E-state index in [0.717, 1.165) is 23.7 Å². The molecule has 1 aliphatic rings. The fraction of sp³-hybridized carbons (Fsp3) is 0.615. The summed E-state index contributed by atoms with van der Waals surface area (Å²) >= 11 is 11.9. The summed E-state index contributed by atoms with van der Waals surface area (Å²) < 4.78 is 0. The molecular weight excluding hydrogens is 255 g/mol. The normalized spacial score (nSPS) is 17.1. The highest BCUT2D eigenvalue weighted by molar-refractivity contribution is 6.34. The number of hydrogen-bond acceptors (Lipinski definition) is 2. The average molecular weight is 273 g/mol. The van der Waals surface area contributed by atoms with Crippen LogP contribution in [0.3, 0.4) is 0 Å². The van der Waals surface area contributed by atoms with Crippen molar-refractivity contribution >= 4 is 28.9 Å². The first-order chi connectivity index (χ1) is 8.16. The third-order valence-corrected chi connectivity index (χ3v) is 3.90. The first-order valence-electron chi connectivity index (χ1n) is 6.23. The minimum absolute atomic E-state index is 0.454. The Hall–Kier alpha value is -0.470. The van der Waals surface area contributed by atoms with Gasteiger partial charge in [0.25, 0.3) is 0 Å². The monoisotopic (exact) mass is 272 g/mol. The van der Waals surface area contributed by atoms with Crippen LogP contribution in [-0.2, 0) is 0 Å². The van der Waals surface area contributed by atoms with E-state index in [4.69, 9.17) is 23.2 Å². The number of aryl methyl sites for hydroxylation is 1. The van der Waals surface area contributed by atoms with Crippen molar-refractivity contribution in [2.45, 2.75) is 39.0 Å². The van der Waals surface area contributed by atoms with Crippen LogP contribution in [0.25, 0.3) is 0 Å². The summed E-state index contributed by atoms with van der Waals surface area (Å²) in [4.78, 5) is 4.07. The van der Waals surface area contributed by atoms with Crippen LogP contribution >= 0.6 is 23.2 Å². The number of nitrogens with one attached hydrogen (secondary N) is 1.